The first-order valence-corrected chi connectivity index (χ1v) is 20.1. The van der Waals surface area contributed by atoms with Crippen LogP contribution in [0.3, 0.4) is 0 Å². The highest BCUT2D eigenvalue weighted by atomic mass is 16.5. The maximum atomic E-state index is 12.5. The predicted octanol–water partition coefficient (Wildman–Crippen LogP) is 9.99. The Morgan fingerprint density at radius 1 is 0.542 bits per heavy atom. The third-order valence-electron chi connectivity index (χ3n) is 8.76. The van der Waals surface area contributed by atoms with Gasteiger partial charge in [0.15, 0.2) is 0 Å². The Balaban J connectivity index is 4.11. The molecular formula is C41H77N3O4. The SMILES string of the molecule is CCCCCCC=CCNC(=O)CCCCCCCC(CCCCCCCC(=O)NCC=CCCCCCC)OC(=O)CCCN(C)C. The van der Waals surface area contributed by atoms with Crippen LogP contribution in [-0.4, -0.2) is 62.5 Å². The quantitative estimate of drug-likeness (QED) is 0.0397. The van der Waals surface area contributed by atoms with E-state index < -0.39 is 0 Å². The molecule has 0 aromatic carbocycles. The number of nitrogens with zero attached hydrogens (tertiary/aromatic N) is 1. The number of rotatable bonds is 35. The number of amides is 2. The summed E-state index contributed by atoms with van der Waals surface area (Å²) >= 11 is 0. The first-order valence-electron chi connectivity index (χ1n) is 20.1. The van der Waals surface area contributed by atoms with Gasteiger partial charge in [0.05, 0.1) is 0 Å². The number of hydrogen-bond acceptors (Lipinski definition) is 5. The van der Waals surface area contributed by atoms with E-state index in [2.05, 4.69) is 53.7 Å². The summed E-state index contributed by atoms with van der Waals surface area (Å²) in [6.07, 6.45) is 35.7. The first kappa shape index (κ1) is 45.9. The highest BCUT2D eigenvalue weighted by Gasteiger charge is 2.14. The average Bonchev–Trinajstić information content (AvgIpc) is 3.05. The number of nitrogens with one attached hydrogen (secondary N) is 2. The zero-order chi connectivity index (χ0) is 35.3. The number of carbonyl (C=O) groups is 3. The molecule has 2 N–H and O–H groups in total. The van der Waals surface area contributed by atoms with Gasteiger partial charge >= 0.3 is 5.97 Å². The number of allylic oxidation sites excluding steroid dienone is 2. The molecule has 0 radical (unpaired) electrons. The number of hydrogen-bond donors (Lipinski definition) is 2. The monoisotopic (exact) mass is 676 g/mol. The van der Waals surface area contributed by atoms with Crippen molar-refractivity contribution in [1.82, 2.24) is 15.5 Å². The second-order valence-corrected chi connectivity index (χ2v) is 13.9. The van der Waals surface area contributed by atoms with Gasteiger partial charge in [0.2, 0.25) is 11.8 Å². The second kappa shape index (κ2) is 36.1. The Morgan fingerprint density at radius 2 is 0.979 bits per heavy atom. The lowest BCUT2D eigenvalue weighted by Gasteiger charge is -2.18. The number of carbonyl (C=O) groups excluding carboxylic acids is 3. The van der Waals surface area contributed by atoms with Gasteiger partial charge in [0.1, 0.15) is 6.10 Å². The van der Waals surface area contributed by atoms with Crippen molar-refractivity contribution in [3.8, 4) is 0 Å². The van der Waals surface area contributed by atoms with E-state index >= 15 is 0 Å². The number of unbranched alkanes of at least 4 members (excludes halogenated alkanes) is 16. The van der Waals surface area contributed by atoms with Crippen LogP contribution in [0.5, 0.6) is 0 Å². The van der Waals surface area contributed by atoms with Gasteiger partial charge in [0, 0.05) is 32.4 Å². The first-order chi connectivity index (χ1) is 23.4. The van der Waals surface area contributed by atoms with Crippen LogP contribution < -0.4 is 10.6 Å². The molecule has 0 aliphatic rings. The maximum Gasteiger partial charge on any atom is 0.306 e. The molecule has 0 aliphatic carbocycles. The zero-order valence-corrected chi connectivity index (χ0v) is 32.0. The Hall–Kier alpha value is -2.15. The summed E-state index contributed by atoms with van der Waals surface area (Å²) in [5, 5.41) is 6.00. The van der Waals surface area contributed by atoms with Gasteiger partial charge in [-0.15, -0.1) is 0 Å². The van der Waals surface area contributed by atoms with Crippen molar-refractivity contribution in [2.45, 2.75) is 187 Å². The smallest absolute Gasteiger partial charge is 0.306 e. The Bertz CT molecular complexity index is 760. The van der Waals surface area contributed by atoms with Crippen LogP contribution >= 0.6 is 0 Å². The summed E-state index contributed by atoms with van der Waals surface area (Å²) in [5.41, 5.74) is 0. The van der Waals surface area contributed by atoms with Crippen molar-refractivity contribution in [2.24, 2.45) is 0 Å². The minimum atomic E-state index is -0.0726. The van der Waals surface area contributed by atoms with Crippen LogP contribution in [0.4, 0.5) is 0 Å². The second-order valence-electron chi connectivity index (χ2n) is 13.9. The van der Waals surface area contributed by atoms with Gasteiger partial charge in [-0.25, -0.2) is 0 Å². The summed E-state index contributed by atoms with van der Waals surface area (Å²) in [6, 6.07) is 0. The average molecular weight is 676 g/mol. The molecule has 7 heteroatoms. The van der Waals surface area contributed by atoms with Crippen LogP contribution in [-0.2, 0) is 19.1 Å². The van der Waals surface area contributed by atoms with E-state index in [1.165, 1.54) is 51.4 Å². The zero-order valence-electron chi connectivity index (χ0n) is 32.0. The summed E-state index contributed by atoms with van der Waals surface area (Å²) in [7, 11) is 4.05. The Labute approximate surface area is 296 Å². The molecule has 0 fully saturated rings. The molecule has 0 rings (SSSR count). The van der Waals surface area contributed by atoms with Crippen LogP contribution in [0.25, 0.3) is 0 Å². The molecule has 280 valence electrons. The van der Waals surface area contributed by atoms with E-state index in [0.717, 1.165) is 103 Å². The number of ether oxygens (including phenoxy) is 1. The largest absolute Gasteiger partial charge is 0.462 e. The highest BCUT2D eigenvalue weighted by molar-refractivity contribution is 5.76. The third kappa shape index (κ3) is 35.2. The van der Waals surface area contributed by atoms with Crippen molar-refractivity contribution in [1.29, 1.82) is 0 Å². The van der Waals surface area contributed by atoms with Crippen LogP contribution in [0, 0.1) is 0 Å². The Kier molecular flexibility index (Phi) is 34.5. The number of esters is 1. The molecule has 0 bridgehead atoms. The standard InChI is InChI=1S/C41H77N3O4/c1-5-7-9-11-13-21-27-35-42-39(45)32-25-19-15-17-23-30-38(48-41(47)34-29-37-44(3)4)31-24-18-16-20-26-33-40(46)43-36-28-22-14-12-10-8-6-2/h21-22,27-28,38H,5-20,23-26,29-37H2,1-4H3,(H,42,45)(H,43,46). The third-order valence-corrected chi connectivity index (χ3v) is 8.76. The molecule has 48 heavy (non-hydrogen) atoms. The normalized spacial score (nSPS) is 12.3. The summed E-state index contributed by atoms with van der Waals surface area (Å²) in [4.78, 5) is 38.8. The van der Waals surface area contributed by atoms with Gasteiger partial charge in [-0.05, 0) is 91.3 Å². The van der Waals surface area contributed by atoms with Crippen LogP contribution in [0.1, 0.15) is 181 Å². The van der Waals surface area contributed by atoms with Crippen molar-refractivity contribution >= 4 is 17.8 Å². The molecule has 7 nitrogen and oxygen atoms in total. The lowest BCUT2D eigenvalue weighted by atomic mass is 10.0. The lowest BCUT2D eigenvalue weighted by Crippen LogP contribution is -2.22. The van der Waals surface area contributed by atoms with Crippen LogP contribution in [0.2, 0.25) is 0 Å². The van der Waals surface area contributed by atoms with Crippen molar-refractivity contribution < 1.29 is 19.1 Å². The van der Waals surface area contributed by atoms with E-state index in [-0.39, 0.29) is 23.9 Å². The molecule has 0 heterocycles. The summed E-state index contributed by atoms with van der Waals surface area (Å²) < 4.78 is 5.93. The van der Waals surface area contributed by atoms with Crippen molar-refractivity contribution in [3.05, 3.63) is 24.3 Å². The molecule has 0 saturated carbocycles. The van der Waals surface area contributed by atoms with Crippen molar-refractivity contribution in [3.63, 3.8) is 0 Å². The van der Waals surface area contributed by atoms with E-state index in [1.54, 1.807) is 0 Å². The Morgan fingerprint density at radius 3 is 1.44 bits per heavy atom. The lowest BCUT2D eigenvalue weighted by molar-refractivity contribution is -0.150. The molecular weight excluding hydrogens is 598 g/mol. The van der Waals surface area contributed by atoms with E-state index in [9.17, 15) is 14.4 Å². The molecule has 0 saturated heterocycles. The maximum absolute atomic E-state index is 12.5. The molecule has 0 spiro atoms. The minimum absolute atomic E-state index is 0.00666. The van der Waals surface area contributed by atoms with Gasteiger partial charge in [0.25, 0.3) is 0 Å². The van der Waals surface area contributed by atoms with Crippen molar-refractivity contribution in [2.75, 3.05) is 33.7 Å². The molecule has 0 aliphatic heterocycles. The molecule has 0 aromatic rings. The van der Waals surface area contributed by atoms with Gasteiger partial charge in [-0.2, -0.15) is 0 Å². The van der Waals surface area contributed by atoms with E-state index in [0.29, 0.717) is 32.4 Å². The molecule has 0 aromatic heterocycles. The summed E-state index contributed by atoms with van der Waals surface area (Å²) in [5.74, 6) is 0.217. The van der Waals surface area contributed by atoms with E-state index in [4.69, 9.17) is 4.74 Å². The fourth-order valence-electron chi connectivity index (χ4n) is 5.73. The molecule has 0 unspecified atom stereocenters. The van der Waals surface area contributed by atoms with E-state index in [1.807, 2.05) is 14.1 Å². The molecule has 2 amide bonds. The fourth-order valence-corrected chi connectivity index (χ4v) is 5.73. The fraction of sp³-hybridized carbons (Fsp3) is 0.829. The van der Waals surface area contributed by atoms with Gasteiger partial charge in [-0.1, -0.05) is 115 Å². The molecule has 0 atom stereocenters. The highest BCUT2D eigenvalue weighted by Crippen LogP contribution is 2.18. The topological polar surface area (TPSA) is 87.7 Å². The van der Waals surface area contributed by atoms with Gasteiger partial charge in [-0.3, -0.25) is 14.4 Å². The predicted molar refractivity (Wildman–Crippen MR) is 204 cm³/mol. The summed E-state index contributed by atoms with van der Waals surface area (Å²) in [6.45, 7) is 6.61. The van der Waals surface area contributed by atoms with Crippen LogP contribution in [0.15, 0.2) is 24.3 Å². The van der Waals surface area contributed by atoms with Gasteiger partial charge < -0.3 is 20.3 Å². The minimum Gasteiger partial charge on any atom is -0.462 e.